The molecule has 21 heavy (non-hydrogen) atoms. The van der Waals surface area contributed by atoms with Gasteiger partial charge in [0.05, 0.1) is 12.6 Å². The maximum atomic E-state index is 13.8. The maximum absolute atomic E-state index is 13.8. The van der Waals surface area contributed by atoms with Gasteiger partial charge in [-0.15, -0.1) is 0 Å². The van der Waals surface area contributed by atoms with E-state index in [4.69, 9.17) is 4.74 Å². The topological polar surface area (TPSA) is 21.3 Å². The van der Waals surface area contributed by atoms with Crippen LogP contribution in [0.1, 0.15) is 29.7 Å². The minimum absolute atomic E-state index is 0.0786. The number of nitrogens with one attached hydrogen (secondary N) is 1. The first kappa shape index (κ1) is 16.0. The zero-order valence-electron chi connectivity index (χ0n) is 12.4. The van der Waals surface area contributed by atoms with Gasteiger partial charge < -0.3 is 10.1 Å². The highest BCUT2D eigenvalue weighted by molar-refractivity contribution is 9.10. The van der Waals surface area contributed by atoms with Crippen molar-refractivity contribution in [2.45, 2.75) is 19.9 Å². The molecule has 0 amide bonds. The van der Waals surface area contributed by atoms with Gasteiger partial charge in [0.1, 0.15) is 11.6 Å². The number of aryl methyl sites for hydroxylation is 1. The maximum Gasteiger partial charge on any atom is 0.126 e. The van der Waals surface area contributed by atoms with E-state index >= 15 is 0 Å². The molecule has 1 unspecified atom stereocenters. The highest BCUT2D eigenvalue weighted by atomic mass is 79.9. The van der Waals surface area contributed by atoms with E-state index in [2.05, 4.69) is 21.2 Å². The summed E-state index contributed by atoms with van der Waals surface area (Å²) in [7, 11) is 1.87. The van der Waals surface area contributed by atoms with Crippen LogP contribution in [-0.2, 0) is 0 Å². The van der Waals surface area contributed by atoms with Crippen molar-refractivity contribution in [3.05, 3.63) is 63.4 Å². The molecule has 1 N–H and O–H groups in total. The molecule has 0 aliphatic rings. The molecule has 0 aliphatic heterocycles. The van der Waals surface area contributed by atoms with Crippen molar-refractivity contribution < 1.29 is 9.13 Å². The quantitative estimate of drug-likeness (QED) is 0.849. The van der Waals surface area contributed by atoms with Gasteiger partial charge in [-0.3, -0.25) is 0 Å². The Labute approximate surface area is 133 Å². The van der Waals surface area contributed by atoms with Gasteiger partial charge in [0.2, 0.25) is 0 Å². The summed E-state index contributed by atoms with van der Waals surface area (Å²) in [6.07, 6.45) is 0. The predicted molar refractivity (Wildman–Crippen MR) is 87.4 cm³/mol. The fourth-order valence-electron chi connectivity index (χ4n) is 2.29. The van der Waals surface area contributed by atoms with Crippen molar-refractivity contribution in [1.29, 1.82) is 0 Å². The van der Waals surface area contributed by atoms with E-state index < -0.39 is 0 Å². The van der Waals surface area contributed by atoms with Gasteiger partial charge in [0, 0.05) is 4.47 Å². The van der Waals surface area contributed by atoms with E-state index in [1.807, 2.05) is 38.2 Å². The van der Waals surface area contributed by atoms with Gasteiger partial charge in [-0.05, 0) is 55.8 Å². The predicted octanol–water partition coefficient (Wildman–Crippen LogP) is 4.60. The van der Waals surface area contributed by atoms with Crippen LogP contribution in [0, 0.1) is 12.7 Å². The number of hydrogen-bond donors (Lipinski definition) is 1. The first-order valence-electron chi connectivity index (χ1n) is 6.92. The number of benzene rings is 2. The van der Waals surface area contributed by atoms with Gasteiger partial charge in [-0.25, -0.2) is 4.39 Å². The molecule has 0 radical (unpaired) electrons. The Morgan fingerprint density at radius 2 is 2.00 bits per heavy atom. The first-order valence-corrected chi connectivity index (χ1v) is 7.71. The number of halogens is 2. The van der Waals surface area contributed by atoms with Crippen LogP contribution in [0.15, 0.2) is 40.9 Å². The summed E-state index contributed by atoms with van der Waals surface area (Å²) in [4.78, 5) is 0. The molecule has 0 spiro atoms. The van der Waals surface area contributed by atoms with Crippen LogP contribution in [0.5, 0.6) is 5.75 Å². The van der Waals surface area contributed by atoms with Gasteiger partial charge in [0.15, 0.2) is 0 Å². The van der Waals surface area contributed by atoms with E-state index in [0.717, 1.165) is 21.3 Å². The Morgan fingerprint density at radius 1 is 1.24 bits per heavy atom. The fourth-order valence-corrected chi connectivity index (χ4v) is 2.88. The molecule has 0 heterocycles. The Bertz CT molecular complexity index is 630. The van der Waals surface area contributed by atoms with Gasteiger partial charge in [0.25, 0.3) is 0 Å². The minimum Gasteiger partial charge on any atom is -0.494 e. The summed E-state index contributed by atoms with van der Waals surface area (Å²) in [6, 6.07) is 11.1. The molecule has 0 aliphatic carbocycles. The standard InChI is InChI=1S/C17H19BrFNO/c1-4-21-13-7-8-14(15(18)10-13)17(20-3)12-6-5-11(2)16(19)9-12/h5-10,17,20H,4H2,1-3H3. The van der Waals surface area contributed by atoms with Gasteiger partial charge in [-0.2, -0.15) is 0 Å². The molecule has 1 atom stereocenters. The fraction of sp³-hybridized carbons (Fsp3) is 0.294. The van der Waals surface area contributed by atoms with E-state index in [1.54, 1.807) is 19.1 Å². The third kappa shape index (κ3) is 3.63. The molecule has 0 saturated heterocycles. The van der Waals surface area contributed by atoms with Crippen LogP contribution < -0.4 is 10.1 Å². The monoisotopic (exact) mass is 351 g/mol. The van der Waals surface area contributed by atoms with E-state index in [0.29, 0.717) is 12.2 Å². The molecule has 0 saturated carbocycles. The molecule has 4 heteroatoms. The molecule has 2 aromatic rings. The lowest BCUT2D eigenvalue weighted by molar-refractivity contribution is 0.340. The summed E-state index contributed by atoms with van der Waals surface area (Å²) < 4.78 is 20.2. The number of ether oxygens (including phenoxy) is 1. The van der Waals surface area contributed by atoms with Crippen LogP contribution >= 0.6 is 15.9 Å². The van der Waals surface area contributed by atoms with Crippen molar-refractivity contribution >= 4 is 15.9 Å². The summed E-state index contributed by atoms with van der Waals surface area (Å²) in [5.41, 5.74) is 2.59. The summed E-state index contributed by atoms with van der Waals surface area (Å²) in [6.45, 7) is 4.35. The molecular formula is C17H19BrFNO. The average Bonchev–Trinajstić information content (AvgIpc) is 2.46. The highest BCUT2D eigenvalue weighted by Gasteiger charge is 2.16. The van der Waals surface area contributed by atoms with E-state index in [9.17, 15) is 4.39 Å². The second-order valence-electron chi connectivity index (χ2n) is 4.85. The molecular weight excluding hydrogens is 333 g/mol. The number of rotatable bonds is 5. The van der Waals surface area contributed by atoms with Gasteiger partial charge >= 0.3 is 0 Å². The van der Waals surface area contributed by atoms with Crippen molar-refractivity contribution in [1.82, 2.24) is 5.32 Å². The largest absolute Gasteiger partial charge is 0.494 e. The second-order valence-corrected chi connectivity index (χ2v) is 5.70. The smallest absolute Gasteiger partial charge is 0.126 e. The lowest BCUT2D eigenvalue weighted by atomic mass is 9.97. The molecule has 2 rings (SSSR count). The zero-order chi connectivity index (χ0) is 15.4. The summed E-state index contributed by atoms with van der Waals surface area (Å²) in [5.74, 6) is 0.632. The summed E-state index contributed by atoms with van der Waals surface area (Å²) >= 11 is 3.58. The summed E-state index contributed by atoms with van der Waals surface area (Å²) in [5, 5.41) is 3.24. The van der Waals surface area contributed by atoms with Gasteiger partial charge in [-0.1, -0.05) is 34.1 Å². The van der Waals surface area contributed by atoms with Crippen molar-refractivity contribution in [2.24, 2.45) is 0 Å². The molecule has 2 nitrogen and oxygen atoms in total. The molecule has 112 valence electrons. The molecule has 2 aromatic carbocycles. The van der Waals surface area contributed by atoms with E-state index in [-0.39, 0.29) is 11.9 Å². The van der Waals surface area contributed by atoms with Crippen LogP contribution in [0.2, 0.25) is 0 Å². The molecule has 0 aromatic heterocycles. The minimum atomic E-state index is -0.185. The highest BCUT2D eigenvalue weighted by Crippen LogP contribution is 2.32. The number of hydrogen-bond acceptors (Lipinski definition) is 2. The average molecular weight is 352 g/mol. The second kappa shape index (κ2) is 7.05. The van der Waals surface area contributed by atoms with Crippen LogP contribution in [0.4, 0.5) is 4.39 Å². The van der Waals surface area contributed by atoms with Crippen molar-refractivity contribution in [3.8, 4) is 5.75 Å². The first-order chi connectivity index (χ1) is 10.1. The Balaban J connectivity index is 2.38. The van der Waals surface area contributed by atoms with Crippen LogP contribution in [0.25, 0.3) is 0 Å². The lowest BCUT2D eigenvalue weighted by Crippen LogP contribution is -2.18. The third-order valence-corrected chi connectivity index (χ3v) is 4.10. The molecule has 0 bridgehead atoms. The molecule has 0 fully saturated rings. The van der Waals surface area contributed by atoms with Crippen molar-refractivity contribution in [2.75, 3.05) is 13.7 Å². The van der Waals surface area contributed by atoms with Crippen LogP contribution in [-0.4, -0.2) is 13.7 Å². The zero-order valence-corrected chi connectivity index (χ0v) is 14.0. The lowest BCUT2D eigenvalue weighted by Gasteiger charge is -2.20. The Morgan fingerprint density at radius 3 is 2.57 bits per heavy atom. The third-order valence-electron chi connectivity index (χ3n) is 3.41. The van der Waals surface area contributed by atoms with Crippen molar-refractivity contribution in [3.63, 3.8) is 0 Å². The SMILES string of the molecule is CCOc1ccc(C(NC)c2ccc(C)c(F)c2)c(Br)c1. The Kier molecular flexibility index (Phi) is 5.37. The normalized spacial score (nSPS) is 12.2. The van der Waals surface area contributed by atoms with Crippen LogP contribution in [0.3, 0.4) is 0 Å². The van der Waals surface area contributed by atoms with E-state index in [1.165, 1.54) is 0 Å². The Hall–Kier alpha value is -1.39.